The number of carbonyl (C=O) groups excluding carboxylic acids is 4. The summed E-state index contributed by atoms with van der Waals surface area (Å²) in [6.45, 7) is 14.2. The largest absolute Gasteiger partial charge is 0.472 e. The van der Waals surface area contributed by atoms with E-state index in [0.29, 0.717) is 31.6 Å². The van der Waals surface area contributed by atoms with E-state index in [1.165, 1.54) is 199 Å². The number of phosphoric acid groups is 2. The van der Waals surface area contributed by atoms with Crippen molar-refractivity contribution in [2.45, 2.75) is 420 Å². The fourth-order valence-electron chi connectivity index (χ4n) is 12.0. The van der Waals surface area contributed by atoms with E-state index in [-0.39, 0.29) is 25.7 Å². The van der Waals surface area contributed by atoms with Gasteiger partial charge in [-0.25, -0.2) is 9.13 Å². The molecule has 582 valence electrons. The second-order valence-electron chi connectivity index (χ2n) is 29.9. The molecule has 17 nitrogen and oxygen atoms in total. The molecule has 0 amide bonds. The molecule has 0 aromatic rings. The Kier molecular flexibility index (Phi) is 66.8. The van der Waals surface area contributed by atoms with Crippen molar-refractivity contribution in [3.05, 3.63) is 0 Å². The molecule has 7 atom stereocenters. The molecule has 0 aliphatic heterocycles. The minimum Gasteiger partial charge on any atom is -0.462 e. The monoisotopic (exact) mass is 1440 g/mol. The Bertz CT molecular complexity index is 1920. The number of aliphatic hydroxyl groups is 1. The molecule has 0 radical (unpaired) electrons. The van der Waals surface area contributed by atoms with Crippen molar-refractivity contribution in [2.24, 2.45) is 23.7 Å². The maximum Gasteiger partial charge on any atom is 0.472 e. The highest BCUT2D eigenvalue weighted by atomic mass is 31.2. The van der Waals surface area contributed by atoms with E-state index >= 15 is 0 Å². The summed E-state index contributed by atoms with van der Waals surface area (Å²) in [5.74, 6) is 0.992. The maximum absolute atomic E-state index is 13.1. The topological polar surface area (TPSA) is 237 Å². The lowest BCUT2D eigenvalue weighted by Gasteiger charge is -2.21. The number of rotatable bonds is 76. The number of phosphoric ester groups is 2. The normalized spacial score (nSPS) is 14.6. The molecular formula is C79H154O17P2. The Balaban J connectivity index is 5.18. The number of ether oxygens (including phenoxy) is 4. The molecule has 3 N–H and O–H groups in total. The summed E-state index contributed by atoms with van der Waals surface area (Å²) in [6.07, 6.45) is 54.2. The van der Waals surface area contributed by atoms with Crippen LogP contribution < -0.4 is 0 Å². The van der Waals surface area contributed by atoms with Crippen LogP contribution in [-0.4, -0.2) is 96.7 Å². The zero-order valence-corrected chi connectivity index (χ0v) is 66.2. The van der Waals surface area contributed by atoms with Gasteiger partial charge in [0.25, 0.3) is 0 Å². The lowest BCUT2D eigenvalue weighted by atomic mass is 9.99. The number of hydrogen-bond donors (Lipinski definition) is 3. The number of esters is 4. The first-order chi connectivity index (χ1) is 47.2. The van der Waals surface area contributed by atoms with E-state index in [4.69, 9.17) is 37.0 Å². The second-order valence-corrected chi connectivity index (χ2v) is 32.8. The van der Waals surface area contributed by atoms with E-state index < -0.39 is 97.5 Å². The van der Waals surface area contributed by atoms with Gasteiger partial charge < -0.3 is 33.8 Å². The van der Waals surface area contributed by atoms with Crippen molar-refractivity contribution in [1.82, 2.24) is 0 Å². The molecular weight excluding hydrogens is 1280 g/mol. The molecule has 0 rings (SSSR count). The quantitative estimate of drug-likeness (QED) is 0.0222. The summed E-state index contributed by atoms with van der Waals surface area (Å²) in [5.41, 5.74) is 0. The Morgan fingerprint density at radius 3 is 0.724 bits per heavy atom. The van der Waals surface area contributed by atoms with E-state index in [1.807, 2.05) is 0 Å². The highest BCUT2D eigenvalue weighted by Crippen LogP contribution is 2.45. The summed E-state index contributed by atoms with van der Waals surface area (Å²) >= 11 is 0. The van der Waals surface area contributed by atoms with Gasteiger partial charge in [0.1, 0.15) is 19.3 Å². The van der Waals surface area contributed by atoms with Gasteiger partial charge in [0, 0.05) is 25.7 Å². The smallest absolute Gasteiger partial charge is 0.462 e. The van der Waals surface area contributed by atoms with Crippen LogP contribution in [0.4, 0.5) is 0 Å². The van der Waals surface area contributed by atoms with Crippen molar-refractivity contribution in [3.63, 3.8) is 0 Å². The van der Waals surface area contributed by atoms with Crippen LogP contribution in [0.1, 0.15) is 402 Å². The molecule has 0 aromatic heterocycles. The molecule has 0 saturated carbocycles. The van der Waals surface area contributed by atoms with Crippen LogP contribution in [-0.2, 0) is 65.4 Å². The lowest BCUT2D eigenvalue weighted by molar-refractivity contribution is -0.161. The summed E-state index contributed by atoms with van der Waals surface area (Å²) in [5, 5.41) is 10.6. The Hall–Kier alpha value is -1.94. The van der Waals surface area contributed by atoms with Crippen LogP contribution in [0.2, 0.25) is 0 Å². The maximum atomic E-state index is 13.1. The standard InChI is InChI=1S/C79H154O17P2/c1-9-71(7)57-49-41-32-26-19-17-15-13-11-12-14-16-18-20-29-35-45-53-61-78(83)96-75(66-90-77(82)60-52-44-38-37-40-48-56-70(5)6)68-94-98(87,88)92-64-73(80)63-91-97(85,86)93-67-74(65-89-76(81)59-51-43-34-28-23-21-25-31-39-47-55-69(3)4)95-79(84)62-54-46-36-30-24-22-27-33-42-50-58-72(8)10-2/h69-75,80H,9-68H2,1-8H3,(H,85,86)(H,87,88)/t71?,72?,73-,74-,75-/m1/s1. The van der Waals surface area contributed by atoms with Crippen molar-refractivity contribution in [1.29, 1.82) is 0 Å². The second kappa shape index (κ2) is 68.2. The van der Waals surface area contributed by atoms with Gasteiger partial charge in [-0.05, 0) is 49.4 Å². The van der Waals surface area contributed by atoms with Crippen LogP contribution in [0.5, 0.6) is 0 Å². The molecule has 0 saturated heterocycles. The van der Waals surface area contributed by atoms with E-state index in [2.05, 4.69) is 55.4 Å². The number of hydrogen-bond acceptors (Lipinski definition) is 15. The first-order valence-electron chi connectivity index (χ1n) is 40.8. The minimum absolute atomic E-state index is 0.106. The summed E-state index contributed by atoms with van der Waals surface area (Å²) in [6, 6.07) is 0. The van der Waals surface area contributed by atoms with Gasteiger partial charge in [0.15, 0.2) is 12.2 Å². The van der Waals surface area contributed by atoms with Gasteiger partial charge >= 0.3 is 39.5 Å². The van der Waals surface area contributed by atoms with Gasteiger partial charge in [0.2, 0.25) is 0 Å². The van der Waals surface area contributed by atoms with E-state index in [1.54, 1.807) is 0 Å². The van der Waals surface area contributed by atoms with Crippen molar-refractivity contribution < 1.29 is 80.2 Å². The third kappa shape index (κ3) is 69.8. The molecule has 4 unspecified atom stereocenters. The molecule has 0 fully saturated rings. The van der Waals surface area contributed by atoms with Crippen LogP contribution in [0.15, 0.2) is 0 Å². The van der Waals surface area contributed by atoms with Crippen LogP contribution in [0.3, 0.4) is 0 Å². The fraction of sp³-hybridized carbons (Fsp3) is 0.949. The first kappa shape index (κ1) is 96.1. The molecule has 98 heavy (non-hydrogen) atoms. The van der Waals surface area contributed by atoms with Crippen molar-refractivity contribution in [2.75, 3.05) is 39.6 Å². The Labute approximate surface area is 600 Å². The average Bonchev–Trinajstić information content (AvgIpc) is 0.991. The summed E-state index contributed by atoms with van der Waals surface area (Å²) in [7, 11) is -9.92. The first-order valence-corrected chi connectivity index (χ1v) is 43.8. The molecule has 0 bridgehead atoms. The average molecular weight is 1440 g/mol. The predicted molar refractivity (Wildman–Crippen MR) is 400 cm³/mol. The number of carbonyl (C=O) groups is 4. The van der Waals surface area contributed by atoms with Gasteiger partial charge in [-0.2, -0.15) is 0 Å². The van der Waals surface area contributed by atoms with Crippen molar-refractivity contribution in [3.8, 4) is 0 Å². The third-order valence-corrected chi connectivity index (χ3v) is 20.9. The van der Waals surface area contributed by atoms with Gasteiger partial charge in [-0.1, -0.05) is 351 Å². The van der Waals surface area contributed by atoms with Gasteiger partial charge in [0.05, 0.1) is 26.4 Å². The molecule has 0 spiro atoms. The molecule has 0 aliphatic carbocycles. The SMILES string of the molecule is CCC(C)CCCCCCCCCCCCCCCCCCCCC(=O)O[C@H](COC(=O)CCCCCCCCC(C)C)COP(=O)(O)OC[C@H](O)COP(=O)(O)OC[C@@H](COC(=O)CCCCCCCCCCCCC(C)C)OC(=O)CCCCCCCCCCCCC(C)CC. The van der Waals surface area contributed by atoms with Gasteiger partial charge in [-0.15, -0.1) is 0 Å². The summed E-state index contributed by atoms with van der Waals surface area (Å²) < 4.78 is 68.6. The Morgan fingerprint density at radius 1 is 0.286 bits per heavy atom. The van der Waals surface area contributed by atoms with Crippen LogP contribution in [0, 0.1) is 23.7 Å². The molecule has 0 aliphatic rings. The molecule has 0 aromatic carbocycles. The van der Waals surface area contributed by atoms with Crippen LogP contribution >= 0.6 is 15.6 Å². The molecule has 0 heterocycles. The van der Waals surface area contributed by atoms with E-state index in [9.17, 15) is 43.2 Å². The van der Waals surface area contributed by atoms with Gasteiger partial charge in [-0.3, -0.25) is 37.3 Å². The van der Waals surface area contributed by atoms with E-state index in [0.717, 1.165) is 114 Å². The number of unbranched alkanes of at least 4 members (excludes halogenated alkanes) is 40. The number of aliphatic hydroxyl groups excluding tert-OH is 1. The van der Waals surface area contributed by atoms with Crippen molar-refractivity contribution >= 4 is 39.5 Å². The highest BCUT2D eigenvalue weighted by molar-refractivity contribution is 7.47. The minimum atomic E-state index is -4.96. The predicted octanol–water partition coefficient (Wildman–Crippen LogP) is 23.2. The Morgan fingerprint density at radius 2 is 0.490 bits per heavy atom. The third-order valence-electron chi connectivity index (χ3n) is 19.0. The lowest BCUT2D eigenvalue weighted by Crippen LogP contribution is -2.30. The molecule has 19 heteroatoms. The fourth-order valence-corrected chi connectivity index (χ4v) is 13.6. The highest BCUT2D eigenvalue weighted by Gasteiger charge is 2.30. The van der Waals surface area contributed by atoms with Crippen LogP contribution in [0.25, 0.3) is 0 Å². The zero-order valence-electron chi connectivity index (χ0n) is 64.4. The summed E-state index contributed by atoms with van der Waals surface area (Å²) in [4.78, 5) is 72.9. The zero-order chi connectivity index (χ0) is 72.4.